The van der Waals surface area contributed by atoms with Gasteiger partial charge in [0.15, 0.2) is 0 Å². The molecule has 1 aromatic heterocycles. The van der Waals surface area contributed by atoms with Gasteiger partial charge < -0.3 is 20.1 Å². The van der Waals surface area contributed by atoms with E-state index in [4.69, 9.17) is 21.4 Å². The van der Waals surface area contributed by atoms with Crippen LogP contribution in [0, 0.1) is 0 Å². The number of aliphatic hydroxyl groups is 1. The van der Waals surface area contributed by atoms with Gasteiger partial charge in [0.1, 0.15) is 11.5 Å². The molecule has 0 spiro atoms. The van der Waals surface area contributed by atoms with Gasteiger partial charge in [-0.1, -0.05) is 11.6 Å². The van der Waals surface area contributed by atoms with Crippen molar-refractivity contribution in [1.82, 2.24) is 9.88 Å². The van der Waals surface area contributed by atoms with Gasteiger partial charge in [0.25, 0.3) is 5.91 Å². The van der Waals surface area contributed by atoms with Crippen molar-refractivity contribution in [2.75, 3.05) is 32.1 Å². The number of hydrogen-bond donors (Lipinski definition) is 2. The fourth-order valence-electron chi connectivity index (χ4n) is 2.08. The van der Waals surface area contributed by atoms with Gasteiger partial charge in [-0.05, 0) is 19.1 Å². The van der Waals surface area contributed by atoms with Gasteiger partial charge in [-0.15, -0.1) is 0 Å². The molecule has 2 heterocycles. The summed E-state index contributed by atoms with van der Waals surface area (Å²) in [7, 11) is 1.73. The number of rotatable bonds is 3. The SMILES string of the molecule is CNc1ccc(Cl)c(C(=O)N2CC(CO)OCC2C)n1. The quantitative estimate of drug-likeness (QED) is 0.871. The van der Waals surface area contributed by atoms with Crippen molar-refractivity contribution in [3.63, 3.8) is 0 Å². The number of halogens is 1. The summed E-state index contributed by atoms with van der Waals surface area (Å²) in [6.45, 7) is 2.49. The minimum Gasteiger partial charge on any atom is -0.394 e. The topological polar surface area (TPSA) is 74.7 Å². The molecule has 7 heteroatoms. The molecule has 1 amide bonds. The molecule has 0 radical (unpaired) electrons. The summed E-state index contributed by atoms with van der Waals surface area (Å²) < 4.78 is 5.42. The highest BCUT2D eigenvalue weighted by Crippen LogP contribution is 2.21. The molecule has 0 bridgehead atoms. The Kier molecular flexibility index (Phi) is 4.80. The van der Waals surface area contributed by atoms with Crippen LogP contribution in [0.3, 0.4) is 0 Å². The van der Waals surface area contributed by atoms with Crippen LogP contribution in [0.25, 0.3) is 0 Å². The number of amides is 1. The first-order valence-electron chi connectivity index (χ1n) is 6.44. The Bertz CT molecular complexity index is 498. The van der Waals surface area contributed by atoms with Crippen LogP contribution in [-0.2, 0) is 4.74 Å². The number of nitrogens with one attached hydrogen (secondary N) is 1. The summed E-state index contributed by atoms with van der Waals surface area (Å²) >= 11 is 6.07. The van der Waals surface area contributed by atoms with E-state index in [1.807, 2.05) is 6.92 Å². The number of carbonyl (C=O) groups excluding carboxylic acids is 1. The molecule has 2 N–H and O–H groups in total. The van der Waals surface area contributed by atoms with Crippen molar-refractivity contribution < 1.29 is 14.6 Å². The van der Waals surface area contributed by atoms with Gasteiger partial charge in [-0.3, -0.25) is 4.79 Å². The van der Waals surface area contributed by atoms with E-state index in [0.29, 0.717) is 24.0 Å². The zero-order valence-electron chi connectivity index (χ0n) is 11.5. The van der Waals surface area contributed by atoms with Gasteiger partial charge in [-0.25, -0.2) is 4.98 Å². The zero-order valence-corrected chi connectivity index (χ0v) is 12.2. The molecule has 2 atom stereocenters. The molecule has 0 aliphatic carbocycles. The van der Waals surface area contributed by atoms with E-state index in [-0.39, 0.29) is 30.4 Å². The Morgan fingerprint density at radius 2 is 2.40 bits per heavy atom. The second kappa shape index (κ2) is 6.39. The normalized spacial score (nSPS) is 22.7. The molecule has 2 rings (SSSR count). The third kappa shape index (κ3) is 3.03. The molecular formula is C13H18ClN3O3. The highest BCUT2D eigenvalue weighted by atomic mass is 35.5. The van der Waals surface area contributed by atoms with Gasteiger partial charge in [0, 0.05) is 13.6 Å². The Morgan fingerprint density at radius 3 is 3.05 bits per heavy atom. The molecule has 1 aromatic rings. The number of aliphatic hydroxyl groups excluding tert-OH is 1. The highest BCUT2D eigenvalue weighted by molar-refractivity contribution is 6.33. The largest absolute Gasteiger partial charge is 0.394 e. The highest BCUT2D eigenvalue weighted by Gasteiger charge is 2.31. The molecule has 0 saturated carbocycles. The van der Waals surface area contributed by atoms with Crippen molar-refractivity contribution in [1.29, 1.82) is 0 Å². The molecular weight excluding hydrogens is 282 g/mol. The maximum atomic E-state index is 12.6. The zero-order chi connectivity index (χ0) is 14.7. The van der Waals surface area contributed by atoms with Crippen molar-refractivity contribution in [2.24, 2.45) is 0 Å². The Labute approximate surface area is 122 Å². The summed E-state index contributed by atoms with van der Waals surface area (Å²) in [6.07, 6.45) is -0.360. The van der Waals surface area contributed by atoms with Crippen LogP contribution in [0.2, 0.25) is 5.02 Å². The van der Waals surface area contributed by atoms with Gasteiger partial charge in [-0.2, -0.15) is 0 Å². The number of morpholine rings is 1. The second-order valence-electron chi connectivity index (χ2n) is 4.72. The average molecular weight is 300 g/mol. The fraction of sp³-hybridized carbons (Fsp3) is 0.538. The third-order valence-electron chi connectivity index (χ3n) is 3.27. The van der Waals surface area contributed by atoms with Crippen LogP contribution in [-0.4, -0.2) is 59.8 Å². The van der Waals surface area contributed by atoms with Crippen LogP contribution >= 0.6 is 11.6 Å². The number of ether oxygens (including phenoxy) is 1. The van der Waals surface area contributed by atoms with E-state index < -0.39 is 0 Å². The number of hydrogen-bond acceptors (Lipinski definition) is 5. The summed E-state index contributed by atoms with van der Waals surface area (Å²) in [5.74, 6) is 0.332. The summed E-state index contributed by atoms with van der Waals surface area (Å²) in [6, 6.07) is 3.27. The maximum Gasteiger partial charge on any atom is 0.274 e. The molecule has 2 unspecified atom stereocenters. The third-order valence-corrected chi connectivity index (χ3v) is 3.58. The van der Waals surface area contributed by atoms with E-state index >= 15 is 0 Å². The monoisotopic (exact) mass is 299 g/mol. The molecule has 110 valence electrons. The lowest BCUT2D eigenvalue weighted by atomic mass is 10.1. The van der Waals surface area contributed by atoms with E-state index in [0.717, 1.165) is 0 Å². The molecule has 0 aromatic carbocycles. The Hall–Kier alpha value is -1.37. The first-order chi connectivity index (χ1) is 9.56. The maximum absolute atomic E-state index is 12.6. The predicted octanol–water partition coefficient (Wildman–Crippen LogP) is 0.998. The van der Waals surface area contributed by atoms with Crippen LogP contribution in [0.4, 0.5) is 5.82 Å². The first kappa shape index (κ1) is 15.0. The van der Waals surface area contributed by atoms with Crippen LogP contribution in [0.5, 0.6) is 0 Å². The smallest absolute Gasteiger partial charge is 0.274 e. The van der Waals surface area contributed by atoms with Crippen LogP contribution in [0.15, 0.2) is 12.1 Å². The number of anilines is 1. The lowest BCUT2D eigenvalue weighted by Gasteiger charge is -2.37. The summed E-state index contributed by atoms with van der Waals surface area (Å²) in [4.78, 5) is 18.4. The molecule has 20 heavy (non-hydrogen) atoms. The lowest BCUT2D eigenvalue weighted by Crippen LogP contribution is -2.52. The predicted molar refractivity (Wildman–Crippen MR) is 76.1 cm³/mol. The molecule has 1 aliphatic heterocycles. The number of carbonyl (C=O) groups is 1. The minimum absolute atomic E-state index is 0.0820. The van der Waals surface area contributed by atoms with E-state index in [1.165, 1.54) is 0 Å². The molecule has 1 saturated heterocycles. The number of pyridine rings is 1. The minimum atomic E-state index is -0.360. The Morgan fingerprint density at radius 1 is 1.65 bits per heavy atom. The Balaban J connectivity index is 2.25. The lowest BCUT2D eigenvalue weighted by molar-refractivity contribution is -0.0668. The van der Waals surface area contributed by atoms with Crippen molar-refractivity contribution in [2.45, 2.75) is 19.1 Å². The number of aromatic nitrogens is 1. The fourth-order valence-corrected chi connectivity index (χ4v) is 2.26. The van der Waals surface area contributed by atoms with Crippen molar-refractivity contribution in [3.05, 3.63) is 22.8 Å². The van der Waals surface area contributed by atoms with Gasteiger partial charge in [0.2, 0.25) is 0 Å². The first-order valence-corrected chi connectivity index (χ1v) is 6.82. The van der Waals surface area contributed by atoms with Crippen molar-refractivity contribution >= 4 is 23.3 Å². The van der Waals surface area contributed by atoms with Crippen molar-refractivity contribution in [3.8, 4) is 0 Å². The van der Waals surface area contributed by atoms with Crippen LogP contribution < -0.4 is 5.32 Å². The van der Waals surface area contributed by atoms with E-state index in [1.54, 1.807) is 24.1 Å². The molecule has 6 nitrogen and oxygen atoms in total. The van der Waals surface area contributed by atoms with Crippen LogP contribution in [0.1, 0.15) is 17.4 Å². The summed E-state index contributed by atoms with van der Waals surface area (Å²) in [5, 5.41) is 12.4. The van der Waals surface area contributed by atoms with Gasteiger partial charge in [0.05, 0.1) is 30.4 Å². The second-order valence-corrected chi connectivity index (χ2v) is 5.13. The molecule has 1 fully saturated rings. The summed E-state index contributed by atoms with van der Waals surface area (Å²) in [5.41, 5.74) is 0.212. The average Bonchev–Trinajstić information content (AvgIpc) is 2.47. The standard InChI is InChI=1S/C13H18ClN3O3/c1-8-7-20-9(6-18)5-17(8)13(19)12-10(14)3-4-11(15-2)16-12/h3-4,8-9,18H,5-7H2,1-2H3,(H,15,16). The van der Waals surface area contributed by atoms with Gasteiger partial charge >= 0.3 is 0 Å². The van der Waals surface area contributed by atoms with E-state index in [9.17, 15) is 4.79 Å². The number of nitrogens with zero attached hydrogens (tertiary/aromatic N) is 2. The van der Waals surface area contributed by atoms with E-state index in [2.05, 4.69) is 10.3 Å². The molecule has 1 aliphatic rings.